The quantitative estimate of drug-likeness (QED) is 0.907. The third kappa shape index (κ3) is 4.12. The summed E-state index contributed by atoms with van der Waals surface area (Å²) in [6, 6.07) is 1.91. The van der Waals surface area contributed by atoms with E-state index in [4.69, 9.17) is 10.5 Å². The summed E-state index contributed by atoms with van der Waals surface area (Å²) in [6.45, 7) is 5.00. The van der Waals surface area contributed by atoms with Crippen molar-refractivity contribution in [1.82, 2.24) is 9.97 Å². The van der Waals surface area contributed by atoms with E-state index in [2.05, 4.69) is 15.3 Å². The Morgan fingerprint density at radius 1 is 1.17 bits per heavy atom. The number of rotatable bonds is 3. The minimum Gasteiger partial charge on any atom is -0.482 e. The van der Waals surface area contributed by atoms with Crippen LogP contribution in [0.15, 0.2) is 24.5 Å². The van der Waals surface area contributed by atoms with E-state index >= 15 is 0 Å². The molecule has 0 aliphatic carbocycles. The molecule has 6 nitrogen and oxygen atoms in total. The topological polar surface area (TPSA) is 90.1 Å². The number of hydrogen-bond donors (Lipinski definition) is 2. The first-order valence-electron chi connectivity index (χ1n) is 6.73. The van der Waals surface area contributed by atoms with Gasteiger partial charge in [-0.05, 0) is 20.8 Å². The van der Waals surface area contributed by atoms with Crippen molar-refractivity contribution in [3.8, 4) is 5.75 Å². The summed E-state index contributed by atoms with van der Waals surface area (Å²) in [7, 11) is 0. The molecule has 1 heterocycles. The third-order valence-corrected chi connectivity index (χ3v) is 2.61. The van der Waals surface area contributed by atoms with Crippen LogP contribution >= 0.6 is 0 Å². The SMILES string of the molecule is CC(C)(C)Oc1c(F)cc(NC(=O)c2nccnc2N)cc1F. The number of amides is 1. The van der Waals surface area contributed by atoms with Gasteiger partial charge in [0, 0.05) is 30.2 Å². The maximum atomic E-state index is 14.0. The van der Waals surface area contributed by atoms with E-state index in [1.165, 1.54) is 12.4 Å². The molecule has 0 unspecified atom stereocenters. The molecule has 0 aliphatic rings. The highest BCUT2D eigenvalue weighted by Gasteiger charge is 2.21. The van der Waals surface area contributed by atoms with Gasteiger partial charge in [0.15, 0.2) is 28.9 Å². The fourth-order valence-electron chi connectivity index (χ4n) is 1.75. The number of anilines is 2. The van der Waals surface area contributed by atoms with Crippen molar-refractivity contribution in [1.29, 1.82) is 0 Å². The summed E-state index contributed by atoms with van der Waals surface area (Å²) >= 11 is 0. The summed E-state index contributed by atoms with van der Waals surface area (Å²) < 4.78 is 33.2. The van der Waals surface area contributed by atoms with Crippen molar-refractivity contribution in [2.75, 3.05) is 11.1 Å². The van der Waals surface area contributed by atoms with E-state index in [1.54, 1.807) is 20.8 Å². The zero-order chi connectivity index (χ0) is 17.2. The molecule has 1 aromatic carbocycles. The van der Waals surface area contributed by atoms with Crippen LogP contribution in [0.25, 0.3) is 0 Å². The van der Waals surface area contributed by atoms with E-state index in [0.717, 1.165) is 12.1 Å². The molecule has 0 saturated carbocycles. The van der Waals surface area contributed by atoms with E-state index in [-0.39, 0.29) is 17.2 Å². The largest absolute Gasteiger partial charge is 0.482 e. The average Bonchev–Trinajstić information content (AvgIpc) is 2.42. The standard InChI is InChI=1S/C15H16F2N4O2/c1-15(2,3)23-12-9(16)6-8(7-10(12)17)21-14(22)11-13(18)20-5-4-19-11/h4-7H,1-3H3,(H2,18,20)(H,21,22). The minimum atomic E-state index is -0.928. The molecule has 0 bridgehead atoms. The van der Waals surface area contributed by atoms with Crippen molar-refractivity contribution in [2.45, 2.75) is 26.4 Å². The fraction of sp³-hybridized carbons (Fsp3) is 0.267. The number of nitrogens with zero attached hydrogens (tertiary/aromatic N) is 2. The van der Waals surface area contributed by atoms with Crippen molar-refractivity contribution in [3.63, 3.8) is 0 Å². The second-order valence-corrected chi connectivity index (χ2v) is 5.73. The van der Waals surface area contributed by atoms with E-state index in [1.807, 2.05) is 0 Å². The average molecular weight is 322 g/mol. The third-order valence-electron chi connectivity index (χ3n) is 2.61. The van der Waals surface area contributed by atoms with Gasteiger partial charge in [-0.3, -0.25) is 4.79 Å². The predicted octanol–water partition coefficient (Wildman–Crippen LogP) is 2.77. The van der Waals surface area contributed by atoms with Gasteiger partial charge >= 0.3 is 0 Å². The number of aromatic nitrogens is 2. The van der Waals surface area contributed by atoms with Crippen LogP contribution in [0.2, 0.25) is 0 Å². The van der Waals surface area contributed by atoms with Gasteiger partial charge in [0.2, 0.25) is 0 Å². The van der Waals surface area contributed by atoms with Crippen molar-refractivity contribution < 1.29 is 18.3 Å². The molecular weight excluding hydrogens is 306 g/mol. The summed E-state index contributed by atoms with van der Waals surface area (Å²) in [6.07, 6.45) is 2.61. The lowest BCUT2D eigenvalue weighted by molar-refractivity contribution is 0.102. The number of carbonyl (C=O) groups excluding carboxylic acids is 1. The fourth-order valence-corrected chi connectivity index (χ4v) is 1.75. The molecule has 0 saturated heterocycles. The van der Waals surface area contributed by atoms with Gasteiger partial charge in [-0.25, -0.2) is 18.7 Å². The summed E-state index contributed by atoms with van der Waals surface area (Å²) in [4.78, 5) is 19.5. The first kappa shape index (κ1) is 16.6. The smallest absolute Gasteiger partial charge is 0.278 e. The summed E-state index contributed by atoms with van der Waals surface area (Å²) in [5.74, 6) is -3.17. The van der Waals surface area contributed by atoms with Crippen LogP contribution < -0.4 is 15.8 Å². The summed E-state index contributed by atoms with van der Waals surface area (Å²) in [5, 5.41) is 2.31. The molecule has 0 atom stereocenters. The minimum absolute atomic E-state index is 0.0846. The Hall–Kier alpha value is -2.77. The Balaban J connectivity index is 2.25. The number of carbonyl (C=O) groups is 1. The van der Waals surface area contributed by atoms with Crippen molar-refractivity contribution in [2.24, 2.45) is 0 Å². The number of halogens is 2. The van der Waals surface area contributed by atoms with E-state index < -0.39 is 28.9 Å². The van der Waals surface area contributed by atoms with Gasteiger partial charge in [0.1, 0.15) is 5.60 Å². The van der Waals surface area contributed by atoms with Crippen LogP contribution in [0, 0.1) is 11.6 Å². The van der Waals surface area contributed by atoms with Gasteiger partial charge in [0.05, 0.1) is 0 Å². The second kappa shape index (κ2) is 6.15. The highest BCUT2D eigenvalue weighted by atomic mass is 19.1. The molecule has 122 valence electrons. The molecule has 0 fully saturated rings. The highest BCUT2D eigenvalue weighted by molar-refractivity contribution is 6.05. The molecule has 1 amide bonds. The van der Waals surface area contributed by atoms with Gasteiger partial charge in [-0.2, -0.15) is 0 Å². The van der Waals surface area contributed by atoms with Gasteiger partial charge in [0.25, 0.3) is 5.91 Å². The maximum absolute atomic E-state index is 14.0. The van der Waals surface area contributed by atoms with Crippen LogP contribution in [0.5, 0.6) is 5.75 Å². The Morgan fingerprint density at radius 3 is 2.26 bits per heavy atom. The molecule has 23 heavy (non-hydrogen) atoms. The van der Waals surface area contributed by atoms with E-state index in [0.29, 0.717) is 0 Å². The lowest BCUT2D eigenvalue weighted by Gasteiger charge is -2.22. The number of nitrogen functional groups attached to an aromatic ring is 1. The van der Waals surface area contributed by atoms with Crippen LogP contribution in [0.4, 0.5) is 20.3 Å². The number of hydrogen-bond acceptors (Lipinski definition) is 5. The zero-order valence-electron chi connectivity index (χ0n) is 12.9. The lowest BCUT2D eigenvalue weighted by atomic mass is 10.2. The molecular formula is C15H16F2N4O2. The Bertz CT molecular complexity index is 721. The Morgan fingerprint density at radius 2 is 1.74 bits per heavy atom. The van der Waals surface area contributed by atoms with Gasteiger partial charge in [-0.15, -0.1) is 0 Å². The molecule has 2 rings (SSSR count). The van der Waals surface area contributed by atoms with Gasteiger partial charge < -0.3 is 15.8 Å². The first-order valence-corrected chi connectivity index (χ1v) is 6.73. The van der Waals surface area contributed by atoms with Crippen LogP contribution in [-0.2, 0) is 0 Å². The molecule has 0 aliphatic heterocycles. The second-order valence-electron chi connectivity index (χ2n) is 5.73. The highest BCUT2D eigenvalue weighted by Crippen LogP contribution is 2.29. The number of ether oxygens (including phenoxy) is 1. The normalized spacial score (nSPS) is 11.2. The van der Waals surface area contributed by atoms with Crippen LogP contribution in [-0.4, -0.2) is 21.5 Å². The number of benzene rings is 1. The molecule has 8 heteroatoms. The summed E-state index contributed by atoms with van der Waals surface area (Å²) in [5.41, 5.74) is 4.54. The maximum Gasteiger partial charge on any atom is 0.278 e. The van der Waals surface area contributed by atoms with E-state index in [9.17, 15) is 13.6 Å². The van der Waals surface area contributed by atoms with Crippen molar-refractivity contribution in [3.05, 3.63) is 41.9 Å². The zero-order valence-corrected chi connectivity index (χ0v) is 12.9. The number of nitrogens with one attached hydrogen (secondary N) is 1. The van der Waals surface area contributed by atoms with Gasteiger partial charge in [-0.1, -0.05) is 0 Å². The predicted molar refractivity (Wildman–Crippen MR) is 81.1 cm³/mol. The Kier molecular flexibility index (Phi) is 4.44. The Labute approximate surface area is 131 Å². The van der Waals surface area contributed by atoms with Crippen LogP contribution in [0.1, 0.15) is 31.3 Å². The number of nitrogens with two attached hydrogens (primary N) is 1. The molecule has 2 aromatic rings. The monoisotopic (exact) mass is 322 g/mol. The molecule has 0 radical (unpaired) electrons. The molecule has 3 N–H and O–H groups in total. The first-order chi connectivity index (χ1) is 10.7. The molecule has 1 aromatic heterocycles. The lowest BCUT2D eigenvalue weighted by Crippen LogP contribution is -2.24. The van der Waals surface area contributed by atoms with Crippen molar-refractivity contribution >= 4 is 17.4 Å². The van der Waals surface area contributed by atoms with Crippen LogP contribution in [0.3, 0.4) is 0 Å². The molecule has 0 spiro atoms.